The van der Waals surface area contributed by atoms with Crippen molar-refractivity contribution in [3.63, 3.8) is 0 Å². The second kappa shape index (κ2) is 10.8. The van der Waals surface area contributed by atoms with Gasteiger partial charge in [0, 0.05) is 12.2 Å². The average Bonchev–Trinajstić information content (AvgIpc) is 3.45. The number of nitrogens with zero attached hydrogens (tertiary/aromatic N) is 5. The highest BCUT2D eigenvalue weighted by Gasteiger charge is 2.21. The fraction of sp³-hybridized carbons (Fsp3) is 0.200. The maximum absolute atomic E-state index is 13.4. The van der Waals surface area contributed by atoms with Crippen LogP contribution in [0.1, 0.15) is 17.7 Å². The molecule has 1 amide bonds. The molecule has 0 atom stereocenters. The number of aryl methyl sites for hydroxylation is 1. The number of hydrogen-bond donors (Lipinski definition) is 0. The van der Waals surface area contributed by atoms with Crippen LogP contribution in [-0.2, 0) is 11.3 Å². The van der Waals surface area contributed by atoms with E-state index in [0.29, 0.717) is 23.2 Å². The smallest absolute Gasteiger partial charge is 0.237 e. The number of thioether (sulfide) groups is 1. The number of nitriles is 1. The molecule has 0 aliphatic rings. The first-order chi connectivity index (χ1) is 16.6. The fourth-order valence-corrected chi connectivity index (χ4v) is 4.32. The summed E-state index contributed by atoms with van der Waals surface area (Å²) in [4.78, 5) is 14.6. The zero-order valence-electron chi connectivity index (χ0n) is 18.5. The zero-order valence-corrected chi connectivity index (χ0v) is 19.3. The van der Waals surface area contributed by atoms with Crippen LogP contribution in [0.3, 0.4) is 0 Å². The number of halogens is 1. The van der Waals surface area contributed by atoms with Crippen LogP contribution in [0.25, 0.3) is 11.4 Å². The summed E-state index contributed by atoms with van der Waals surface area (Å²) < 4.78 is 20.8. The summed E-state index contributed by atoms with van der Waals surface area (Å²) in [7, 11) is 0. The molecule has 34 heavy (non-hydrogen) atoms. The van der Waals surface area contributed by atoms with Gasteiger partial charge in [-0.25, -0.2) is 4.39 Å². The number of amides is 1. The Labute approximate surface area is 200 Å². The molecule has 0 N–H and O–H groups in total. The molecule has 0 aliphatic heterocycles. The topological polar surface area (TPSA) is 88.0 Å². The summed E-state index contributed by atoms with van der Waals surface area (Å²) in [5.74, 6) is 0.877. The first kappa shape index (κ1) is 23.3. The molecule has 0 saturated carbocycles. The van der Waals surface area contributed by atoms with E-state index in [9.17, 15) is 9.18 Å². The van der Waals surface area contributed by atoms with Gasteiger partial charge >= 0.3 is 0 Å². The third-order valence-electron chi connectivity index (χ3n) is 5.21. The summed E-state index contributed by atoms with van der Waals surface area (Å²) in [6.45, 7) is 2.61. The van der Waals surface area contributed by atoms with Crippen LogP contribution in [0, 0.1) is 24.1 Å². The molecule has 7 nitrogen and oxygen atoms in total. The average molecular weight is 476 g/mol. The number of rotatable bonds is 9. The van der Waals surface area contributed by atoms with Crippen molar-refractivity contribution in [1.29, 1.82) is 5.26 Å². The molecule has 2 aromatic carbocycles. The lowest BCUT2D eigenvalue weighted by Gasteiger charge is -2.21. The first-order valence-electron chi connectivity index (χ1n) is 10.6. The fourth-order valence-electron chi connectivity index (χ4n) is 3.51. The van der Waals surface area contributed by atoms with E-state index in [1.807, 2.05) is 47.9 Å². The maximum atomic E-state index is 13.4. The molecule has 0 spiro atoms. The number of carbonyl (C=O) groups is 1. The van der Waals surface area contributed by atoms with Gasteiger partial charge in [-0.3, -0.25) is 9.36 Å². The lowest BCUT2D eigenvalue weighted by molar-refractivity contribution is -0.116. The molecule has 2 heterocycles. The molecular weight excluding hydrogens is 453 g/mol. The lowest BCUT2D eigenvalue weighted by Crippen LogP contribution is -2.33. The van der Waals surface area contributed by atoms with Crippen molar-refractivity contribution in [2.45, 2.75) is 25.0 Å². The van der Waals surface area contributed by atoms with E-state index in [2.05, 4.69) is 16.3 Å². The Kier molecular flexibility index (Phi) is 7.40. The summed E-state index contributed by atoms with van der Waals surface area (Å²) in [5, 5.41) is 18.3. The van der Waals surface area contributed by atoms with Crippen molar-refractivity contribution in [2.24, 2.45) is 0 Å². The molecule has 172 valence electrons. The predicted molar refractivity (Wildman–Crippen MR) is 128 cm³/mol. The van der Waals surface area contributed by atoms with Gasteiger partial charge in [0.2, 0.25) is 5.91 Å². The van der Waals surface area contributed by atoms with Crippen LogP contribution in [0.4, 0.5) is 10.1 Å². The van der Waals surface area contributed by atoms with Crippen molar-refractivity contribution in [2.75, 3.05) is 17.2 Å². The van der Waals surface area contributed by atoms with Crippen molar-refractivity contribution < 1.29 is 13.6 Å². The van der Waals surface area contributed by atoms with Gasteiger partial charge in [0.25, 0.3) is 0 Å². The zero-order chi connectivity index (χ0) is 23.9. The van der Waals surface area contributed by atoms with Crippen molar-refractivity contribution in [1.82, 2.24) is 14.8 Å². The molecule has 0 aliphatic carbocycles. The largest absolute Gasteiger partial charge is 0.469 e. The van der Waals surface area contributed by atoms with Gasteiger partial charge in [-0.2, -0.15) is 5.26 Å². The number of carbonyl (C=O) groups excluding carboxylic acids is 1. The van der Waals surface area contributed by atoms with E-state index < -0.39 is 0 Å². The summed E-state index contributed by atoms with van der Waals surface area (Å²) in [6, 6.07) is 19.5. The van der Waals surface area contributed by atoms with Gasteiger partial charge in [0.15, 0.2) is 11.0 Å². The maximum Gasteiger partial charge on any atom is 0.237 e. The molecule has 0 saturated heterocycles. The Morgan fingerprint density at radius 2 is 1.91 bits per heavy atom. The van der Waals surface area contributed by atoms with Gasteiger partial charge in [-0.05, 0) is 42.8 Å². The lowest BCUT2D eigenvalue weighted by atomic mass is 10.2. The third kappa shape index (κ3) is 5.35. The highest BCUT2D eigenvalue weighted by Crippen LogP contribution is 2.28. The minimum atomic E-state index is -0.387. The Morgan fingerprint density at radius 1 is 1.15 bits per heavy atom. The highest BCUT2D eigenvalue weighted by atomic mass is 32.2. The van der Waals surface area contributed by atoms with Gasteiger partial charge in [0.05, 0.1) is 36.6 Å². The Balaban J connectivity index is 1.58. The number of hydrogen-bond acceptors (Lipinski definition) is 6. The third-order valence-corrected chi connectivity index (χ3v) is 6.16. The van der Waals surface area contributed by atoms with Gasteiger partial charge < -0.3 is 9.32 Å². The predicted octanol–water partition coefficient (Wildman–Crippen LogP) is 5.07. The number of furan rings is 1. The van der Waals surface area contributed by atoms with Crippen LogP contribution < -0.4 is 4.90 Å². The van der Waals surface area contributed by atoms with E-state index in [1.165, 1.54) is 40.9 Å². The van der Waals surface area contributed by atoms with E-state index in [0.717, 1.165) is 16.9 Å². The van der Waals surface area contributed by atoms with Crippen molar-refractivity contribution >= 4 is 23.4 Å². The standard InChI is InChI=1S/C25H22FN5O2S/c1-18-22(12-15-33-18)24-28-29-25(31(24)16-19-6-3-2-4-7-19)34-17-23(32)30(14-5-13-27)21-10-8-20(26)9-11-21/h2-4,6-12,15H,5,14,16-17H2,1H3. The van der Waals surface area contributed by atoms with Gasteiger partial charge in [-0.15, -0.1) is 10.2 Å². The molecule has 9 heteroatoms. The Morgan fingerprint density at radius 3 is 2.59 bits per heavy atom. The molecule has 0 fully saturated rings. The minimum absolute atomic E-state index is 0.0834. The number of aromatic nitrogens is 3. The van der Waals surface area contributed by atoms with E-state index >= 15 is 0 Å². The van der Waals surface area contributed by atoms with Crippen LogP contribution in [0.2, 0.25) is 0 Å². The molecule has 4 aromatic rings. The monoisotopic (exact) mass is 475 g/mol. The first-order valence-corrected chi connectivity index (χ1v) is 11.6. The number of anilines is 1. The molecule has 0 bridgehead atoms. The molecule has 2 aromatic heterocycles. The van der Waals surface area contributed by atoms with Crippen LogP contribution >= 0.6 is 11.8 Å². The van der Waals surface area contributed by atoms with Crippen molar-refractivity contribution in [3.8, 4) is 17.5 Å². The molecule has 4 rings (SSSR count). The molecule has 0 unspecified atom stereocenters. The van der Waals surface area contributed by atoms with E-state index in [-0.39, 0.29) is 30.4 Å². The van der Waals surface area contributed by atoms with Gasteiger partial charge in [0.1, 0.15) is 11.6 Å². The van der Waals surface area contributed by atoms with E-state index in [1.54, 1.807) is 6.26 Å². The van der Waals surface area contributed by atoms with Gasteiger partial charge in [-0.1, -0.05) is 42.1 Å². The summed E-state index contributed by atoms with van der Waals surface area (Å²) in [6.07, 6.45) is 1.78. The number of benzene rings is 2. The van der Waals surface area contributed by atoms with E-state index in [4.69, 9.17) is 9.68 Å². The quantitative estimate of drug-likeness (QED) is 0.314. The highest BCUT2D eigenvalue weighted by molar-refractivity contribution is 7.99. The van der Waals surface area contributed by atoms with Crippen molar-refractivity contribution in [3.05, 3.63) is 84.1 Å². The molecular formula is C25H22FN5O2S. The van der Waals surface area contributed by atoms with Crippen LogP contribution in [0.5, 0.6) is 0 Å². The second-order valence-electron chi connectivity index (χ2n) is 7.49. The molecule has 0 radical (unpaired) electrons. The Bertz CT molecular complexity index is 1300. The van der Waals surface area contributed by atoms with Crippen LogP contribution in [-0.4, -0.2) is 33.0 Å². The minimum Gasteiger partial charge on any atom is -0.469 e. The second-order valence-corrected chi connectivity index (χ2v) is 8.43. The summed E-state index contributed by atoms with van der Waals surface area (Å²) in [5.41, 5.74) is 2.45. The summed E-state index contributed by atoms with van der Waals surface area (Å²) >= 11 is 1.27. The van der Waals surface area contributed by atoms with Crippen LogP contribution in [0.15, 0.2) is 76.5 Å². The Hall–Kier alpha value is -3.90. The SMILES string of the molecule is Cc1occc1-c1nnc(SCC(=O)N(CCC#N)c2ccc(F)cc2)n1Cc1ccccc1. The normalized spacial score (nSPS) is 10.7.